The first kappa shape index (κ1) is 12.4. The molecule has 0 bridgehead atoms. The predicted octanol–water partition coefficient (Wildman–Crippen LogP) is 2.08. The molecule has 1 N–H and O–H groups in total. The van der Waals surface area contributed by atoms with Crippen LogP contribution >= 0.6 is 23.2 Å². The molecule has 1 aromatic carbocycles. The Morgan fingerprint density at radius 2 is 2.18 bits per heavy atom. The monoisotopic (exact) mass is 272 g/mol. The van der Waals surface area contributed by atoms with Gasteiger partial charge >= 0.3 is 0 Å². The van der Waals surface area contributed by atoms with Gasteiger partial charge < -0.3 is 5.11 Å². The van der Waals surface area contributed by atoms with Crippen LogP contribution in [0.5, 0.6) is 0 Å². The topological polar surface area (TPSA) is 55.1 Å². The van der Waals surface area contributed by atoms with Gasteiger partial charge in [-0.15, -0.1) is 0 Å². The van der Waals surface area contributed by atoms with Crippen LogP contribution in [0.15, 0.2) is 23.0 Å². The summed E-state index contributed by atoms with van der Waals surface area (Å²) in [5.41, 5.74) is 0.112. The maximum absolute atomic E-state index is 12.1. The van der Waals surface area contributed by atoms with Crippen LogP contribution in [-0.4, -0.2) is 20.8 Å². The van der Waals surface area contributed by atoms with Crippen molar-refractivity contribution in [3.05, 3.63) is 38.9 Å². The van der Waals surface area contributed by atoms with Gasteiger partial charge in [0.2, 0.25) is 5.28 Å². The molecule has 17 heavy (non-hydrogen) atoms. The third-order valence-electron chi connectivity index (χ3n) is 2.33. The van der Waals surface area contributed by atoms with Crippen molar-refractivity contribution in [3.8, 4) is 0 Å². The van der Waals surface area contributed by atoms with Gasteiger partial charge in [0.25, 0.3) is 5.56 Å². The zero-order valence-corrected chi connectivity index (χ0v) is 10.5. The van der Waals surface area contributed by atoms with Crippen LogP contribution in [0.3, 0.4) is 0 Å². The first-order valence-electron chi connectivity index (χ1n) is 5.03. The summed E-state index contributed by atoms with van der Waals surface area (Å²) >= 11 is 11.9. The van der Waals surface area contributed by atoms with E-state index in [1.54, 1.807) is 25.1 Å². The first-order valence-corrected chi connectivity index (χ1v) is 5.79. The van der Waals surface area contributed by atoms with E-state index < -0.39 is 6.10 Å². The summed E-state index contributed by atoms with van der Waals surface area (Å²) in [6.07, 6.45) is -0.688. The fraction of sp³-hybridized carbons (Fsp3) is 0.273. The highest BCUT2D eigenvalue weighted by Crippen LogP contribution is 2.20. The van der Waals surface area contributed by atoms with Gasteiger partial charge in [-0.05, 0) is 30.7 Å². The standard InChI is InChI=1S/C11H10Cl2N2O2/c1-6(16)5-15-10(17)9-7(12)3-2-4-8(9)14-11(15)13/h2-4,6,16H,5H2,1H3. The third-order valence-corrected chi connectivity index (χ3v) is 2.94. The van der Waals surface area contributed by atoms with Gasteiger partial charge in [-0.1, -0.05) is 17.7 Å². The zero-order valence-electron chi connectivity index (χ0n) is 9.02. The molecule has 0 amide bonds. The lowest BCUT2D eigenvalue weighted by Crippen LogP contribution is -2.27. The lowest BCUT2D eigenvalue weighted by Gasteiger charge is -2.11. The van der Waals surface area contributed by atoms with E-state index in [1.807, 2.05) is 0 Å². The molecule has 0 saturated carbocycles. The molecule has 90 valence electrons. The summed E-state index contributed by atoms with van der Waals surface area (Å²) in [7, 11) is 0. The minimum absolute atomic E-state index is 0.0469. The van der Waals surface area contributed by atoms with Crippen molar-refractivity contribution in [3.63, 3.8) is 0 Å². The van der Waals surface area contributed by atoms with Gasteiger partial charge in [0.05, 0.1) is 28.6 Å². The number of aliphatic hydroxyl groups is 1. The van der Waals surface area contributed by atoms with E-state index in [0.717, 1.165) is 0 Å². The minimum Gasteiger partial charge on any atom is -0.392 e. The highest BCUT2D eigenvalue weighted by atomic mass is 35.5. The Morgan fingerprint density at radius 1 is 1.47 bits per heavy atom. The molecule has 2 rings (SSSR count). The highest BCUT2D eigenvalue weighted by molar-refractivity contribution is 6.35. The molecule has 4 nitrogen and oxygen atoms in total. The lowest BCUT2D eigenvalue weighted by atomic mass is 10.2. The normalized spacial score (nSPS) is 12.9. The Balaban J connectivity index is 2.79. The van der Waals surface area contributed by atoms with Crippen LogP contribution in [0.2, 0.25) is 10.3 Å². The Bertz CT molecular complexity index is 623. The van der Waals surface area contributed by atoms with E-state index in [0.29, 0.717) is 15.9 Å². The molecule has 1 atom stereocenters. The minimum atomic E-state index is -0.688. The second-order valence-corrected chi connectivity index (χ2v) is 4.52. The summed E-state index contributed by atoms with van der Waals surface area (Å²) in [5.74, 6) is 0. The average Bonchev–Trinajstić information content (AvgIpc) is 2.23. The number of hydrogen-bond acceptors (Lipinski definition) is 3. The number of halogens is 2. The van der Waals surface area contributed by atoms with Gasteiger partial charge in [0.15, 0.2) is 0 Å². The van der Waals surface area contributed by atoms with Crippen LogP contribution in [-0.2, 0) is 6.54 Å². The number of nitrogens with zero attached hydrogens (tertiary/aromatic N) is 2. The van der Waals surface area contributed by atoms with Crippen LogP contribution in [0.25, 0.3) is 10.9 Å². The number of aromatic nitrogens is 2. The van der Waals surface area contributed by atoms with E-state index in [4.69, 9.17) is 23.2 Å². The molecule has 1 unspecified atom stereocenters. The van der Waals surface area contributed by atoms with E-state index in [9.17, 15) is 9.90 Å². The van der Waals surface area contributed by atoms with Crippen molar-refractivity contribution in [2.45, 2.75) is 19.6 Å². The summed E-state index contributed by atoms with van der Waals surface area (Å²) < 4.78 is 1.21. The van der Waals surface area contributed by atoms with E-state index in [-0.39, 0.29) is 17.4 Å². The highest BCUT2D eigenvalue weighted by Gasteiger charge is 2.13. The summed E-state index contributed by atoms with van der Waals surface area (Å²) in [5, 5.41) is 10.0. The van der Waals surface area contributed by atoms with Gasteiger partial charge in [-0.3, -0.25) is 9.36 Å². The lowest BCUT2D eigenvalue weighted by molar-refractivity contribution is 0.172. The van der Waals surface area contributed by atoms with Crippen LogP contribution in [0.4, 0.5) is 0 Å². The molecule has 1 aromatic heterocycles. The second-order valence-electron chi connectivity index (χ2n) is 3.78. The SMILES string of the molecule is CC(O)Cn1c(Cl)nc2cccc(Cl)c2c1=O. The maximum atomic E-state index is 12.1. The molecule has 0 aliphatic carbocycles. The molecule has 6 heteroatoms. The molecule has 2 aromatic rings. The van der Waals surface area contributed by atoms with Gasteiger partial charge in [-0.25, -0.2) is 4.98 Å². The molecule has 0 radical (unpaired) electrons. The molecule has 0 aliphatic rings. The number of aliphatic hydroxyl groups excluding tert-OH is 1. The molecule has 0 aliphatic heterocycles. The number of benzene rings is 1. The predicted molar refractivity (Wildman–Crippen MR) is 67.7 cm³/mol. The van der Waals surface area contributed by atoms with Crippen molar-refractivity contribution < 1.29 is 5.11 Å². The summed E-state index contributed by atoms with van der Waals surface area (Å²) in [4.78, 5) is 16.2. The smallest absolute Gasteiger partial charge is 0.263 e. The average molecular weight is 273 g/mol. The van der Waals surface area contributed by atoms with E-state index in [2.05, 4.69) is 4.98 Å². The van der Waals surface area contributed by atoms with Gasteiger partial charge in [-0.2, -0.15) is 0 Å². The van der Waals surface area contributed by atoms with E-state index >= 15 is 0 Å². The number of fused-ring (bicyclic) bond motifs is 1. The largest absolute Gasteiger partial charge is 0.392 e. The number of rotatable bonds is 2. The molecular weight excluding hydrogens is 263 g/mol. The van der Waals surface area contributed by atoms with Crippen molar-refractivity contribution in [1.82, 2.24) is 9.55 Å². The molecule has 0 saturated heterocycles. The molecule has 0 fully saturated rings. The Hall–Kier alpha value is -1.10. The summed E-state index contributed by atoms with van der Waals surface area (Å²) in [6.45, 7) is 1.66. The van der Waals surface area contributed by atoms with Crippen molar-refractivity contribution >= 4 is 34.1 Å². The fourth-order valence-electron chi connectivity index (χ4n) is 1.62. The Kier molecular flexibility index (Phi) is 3.38. The van der Waals surface area contributed by atoms with Crippen LogP contribution in [0, 0.1) is 0 Å². The Labute approximate surface area is 107 Å². The number of hydrogen-bond donors (Lipinski definition) is 1. The zero-order chi connectivity index (χ0) is 12.6. The summed E-state index contributed by atoms with van der Waals surface area (Å²) in [6, 6.07) is 4.99. The second kappa shape index (κ2) is 4.64. The van der Waals surface area contributed by atoms with Crippen molar-refractivity contribution in [1.29, 1.82) is 0 Å². The van der Waals surface area contributed by atoms with Crippen LogP contribution in [0.1, 0.15) is 6.92 Å². The van der Waals surface area contributed by atoms with Gasteiger partial charge in [0, 0.05) is 0 Å². The van der Waals surface area contributed by atoms with Crippen molar-refractivity contribution in [2.24, 2.45) is 0 Å². The quantitative estimate of drug-likeness (QED) is 0.852. The third kappa shape index (κ3) is 2.29. The van der Waals surface area contributed by atoms with E-state index in [1.165, 1.54) is 4.57 Å². The first-order chi connectivity index (χ1) is 8.00. The fourth-order valence-corrected chi connectivity index (χ4v) is 2.11. The molecular formula is C11H10Cl2N2O2. The van der Waals surface area contributed by atoms with Gasteiger partial charge in [0.1, 0.15) is 0 Å². The van der Waals surface area contributed by atoms with Crippen LogP contribution < -0.4 is 5.56 Å². The maximum Gasteiger partial charge on any atom is 0.263 e. The molecule has 0 spiro atoms. The molecule has 1 heterocycles. The van der Waals surface area contributed by atoms with Crippen molar-refractivity contribution in [2.75, 3.05) is 0 Å². The Morgan fingerprint density at radius 3 is 2.82 bits per heavy atom.